The fourth-order valence-electron chi connectivity index (χ4n) is 15.6. The molecule has 6 rings (SSSR count). The van der Waals surface area contributed by atoms with Crippen molar-refractivity contribution in [3.05, 3.63) is 209 Å². The molecule has 8 heteroatoms. The van der Waals surface area contributed by atoms with E-state index < -0.39 is 57.1 Å². The molecule has 0 spiro atoms. The highest BCUT2D eigenvalue weighted by molar-refractivity contribution is 7.80. The number of hydrogen-bond donors (Lipinski definition) is 3. The molecule has 0 fully saturated rings. The number of phosphoric ester groups is 1. The second-order valence-electron chi connectivity index (χ2n) is 35.9. The van der Waals surface area contributed by atoms with Gasteiger partial charge in [-0.2, -0.15) is 37.9 Å². The normalized spacial score (nSPS) is 15.3. The van der Waals surface area contributed by atoms with Crippen LogP contribution in [-0.4, -0.2) is 17.3 Å². The van der Waals surface area contributed by atoms with Crippen molar-refractivity contribution in [3.63, 3.8) is 0 Å². The average Bonchev–Trinajstić information content (AvgIpc) is 0.696. The standard InChI is InChI=1S/C93H141O4PS3/c1-25-28-31-34-37-40-55-91(73-49-43-67(4)58-79(73)85(10,11)12,76-52-46-70(7)61-82(76)88(19,20)64-99)95-98(94,96-92(56-41-38-35-32-29-26-2,74-50-44-68(5)59-80(74)86(13,14)15)77-53-47-71(8)62-83(77)89(21,22)65-100)97-93(57-42-39-36-33-30-27-3,75-51-45-69(6)60-81(75)87(16,17)18)78-54-48-72(9)63-84(78)90(23,24)66-101/h43-54,58-63,99-101H,25-42,55-57,64-66H2,1-24H3. The van der Waals surface area contributed by atoms with Gasteiger partial charge in [0.25, 0.3) is 0 Å². The minimum Gasteiger partial charge on any atom is -0.270 e. The van der Waals surface area contributed by atoms with Crippen molar-refractivity contribution in [2.45, 2.75) is 350 Å². The Morgan fingerprint density at radius 3 is 0.634 bits per heavy atom. The topological polar surface area (TPSA) is 44.8 Å². The lowest BCUT2D eigenvalue weighted by atomic mass is 9.69. The molecule has 0 saturated carbocycles. The molecule has 0 aliphatic carbocycles. The number of hydrogen-bond acceptors (Lipinski definition) is 7. The van der Waals surface area contributed by atoms with Crippen LogP contribution in [0.3, 0.4) is 0 Å². The Bertz CT molecular complexity index is 3310. The van der Waals surface area contributed by atoms with Gasteiger partial charge in [0.15, 0.2) is 0 Å². The SMILES string of the molecule is CCCCCCCCC(OP(=O)(OC(CCCCCCCC)(c1ccc(C)cc1C(C)(C)C)c1ccc(C)cc1C(C)(C)CS)OC(CCCCCCCC)(c1ccc(C)cc1C(C)(C)C)c1ccc(C)cc1C(C)(C)CS)(c1ccc(C)cc1C(C)(C)C)c1ccc(C)cc1C(C)(C)CS. The molecule has 0 aliphatic heterocycles. The van der Waals surface area contributed by atoms with Crippen LogP contribution in [0.4, 0.5) is 0 Å². The molecule has 0 heterocycles. The maximum Gasteiger partial charge on any atom is 0.478 e. The third-order valence-electron chi connectivity index (χ3n) is 21.9. The van der Waals surface area contributed by atoms with E-state index in [2.05, 4.69) is 275 Å². The highest BCUT2D eigenvalue weighted by Gasteiger charge is 2.58. The van der Waals surface area contributed by atoms with E-state index in [-0.39, 0.29) is 0 Å². The van der Waals surface area contributed by atoms with Crippen molar-refractivity contribution in [1.29, 1.82) is 0 Å². The predicted molar refractivity (Wildman–Crippen MR) is 451 cm³/mol. The lowest BCUT2D eigenvalue weighted by Crippen LogP contribution is -2.43. The van der Waals surface area contributed by atoms with E-state index in [9.17, 15) is 0 Å². The first kappa shape index (κ1) is 86.4. The Kier molecular flexibility index (Phi) is 31.1. The van der Waals surface area contributed by atoms with Crippen LogP contribution in [0.1, 0.15) is 360 Å². The summed E-state index contributed by atoms with van der Waals surface area (Å²) < 4.78 is 47.6. The van der Waals surface area contributed by atoms with Crippen molar-refractivity contribution in [2.75, 3.05) is 17.3 Å². The van der Waals surface area contributed by atoms with E-state index in [0.717, 1.165) is 196 Å². The van der Waals surface area contributed by atoms with Gasteiger partial charge in [-0.1, -0.05) is 364 Å². The van der Waals surface area contributed by atoms with Crippen LogP contribution in [0.5, 0.6) is 0 Å². The molecule has 0 radical (unpaired) electrons. The summed E-state index contributed by atoms with van der Waals surface area (Å²) in [4.78, 5) is 0. The van der Waals surface area contributed by atoms with Gasteiger partial charge in [-0.25, -0.2) is 4.57 Å². The zero-order chi connectivity index (χ0) is 75.2. The summed E-state index contributed by atoms with van der Waals surface area (Å²) in [7, 11) is -5.36. The largest absolute Gasteiger partial charge is 0.478 e. The molecule has 0 N–H and O–H groups in total. The van der Waals surface area contributed by atoms with E-state index in [1.807, 2.05) is 0 Å². The highest BCUT2D eigenvalue weighted by Crippen LogP contribution is 2.70. The molecule has 0 aromatic heterocycles. The molecule has 0 amide bonds. The maximum absolute atomic E-state index is 20.5. The number of unbranched alkanes of at least 4 members (excludes halogenated alkanes) is 15. The zero-order valence-corrected chi connectivity index (χ0v) is 71.9. The predicted octanol–water partition coefficient (Wildman–Crippen LogP) is 28.6. The van der Waals surface area contributed by atoms with Gasteiger partial charge in [0.05, 0.1) is 0 Å². The van der Waals surface area contributed by atoms with Gasteiger partial charge >= 0.3 is 7.82 Å². The summed E-state index contributed by atoms with van der Waals surface area (Å²) in [5.41, 5.74) is 12.3. The van der Waals surface area contributed by atoms with Crippen LogP contribution in [0.25, 0.3) is 0 Å². The minimum atomic E-state index is -5.36. The summed E-state index contributed by atoms with van der Waals surface area (Å²) in [5, 5.41) is 0. The first-order chi connectivity index (χ1) is 47.2. The van der Waals surface area contributed by atoms with Crippen molar-refractivity contribution >= 4 is 45.7 Å². The van der Waals surface area contributed by atoms with Gasteiger partial charge in [-0.3, -0.25) is 13.6 Å². The second kappa shape index (κ2) is 36.4. The lowest BCUT2D eigenvalue weighted by Gasteiger charge is -2.49. The molecule has 101 heavy (non-hydrogen) atoms. The number of benzene rings is 6. The smallest absolute Gasteiger partial charge is 0.270 e. The average molecular weight is 1450 g/mol. The monoisotopic (exact) mass is 1450 g/mol. The summed E-state index contributed by atoms with van der Waals surface area (Å²) in [6.45, 7) is 55.0. The van der Waals surface area contributed by atoms with Crippen molar-refractivity contribution in [2.24, 2.45) is 0 Å². The summed E-state index contributed by atoms with van der Waals surface area (Å²) in [6, 6.07) is 41.8. The number of phosphoric acid groups is 1. The van der Waals surface area contributed by atoms with E-state index >= 15 is 4.57 Å². The van der Waals surface area contributed by atoms with E-state index in [4.69, 9.17) is 51.5 Å². The Balaban J connectivity index is 2.11. The van der Waals surface area contributed by atoms with Crippen LogP contribution < -0.4 is 0 Å². The molecular weight excluding hydrogens is 1310 g/mol. The Hall–Kier alpha value is -3.52. The number of thiol groups is 3. The van der Waals surface area contributed by atoms with Crippen molar-refractivity contribution in [3.8, 4) is 0 Å². The van der Waals surface area contributed by atoms with E-state index in [1.165, 1.54) is 19.3 Å². The van der Waals surface area contributed by atoms with Gasteiger partial charge in [0, 0.05) is 0 Å². The molecule has 0 saturated heterocycles. The number of rotatable bonds is 39. The fourth-order valence-corrected chi connectivity index (χ4v) is 18.3. The van der Waals surface area contributed by atoms with Crippen LogP contribution >= 0.6 is 45.7 Å². The van der Waals surface area contributed by atoms with Crippen molar-refractivity contribution in [1.82, 2.24) is 0 Å². The van der Waals surface area contributed by atoms with Gasteiger partial charge in [0.2, 0.25) is 0 Å². The first-order valence-corrected chi connectivity index (χ1v) is 42.8. The number of aryl methyl sites for hydroxylation is 6. The molecule has 4 nitrogen and oxygen atoms in total. The van der Waals surface area contributed by atoms with Gasteiger partial charge < -0.3 is 0 Å². The van der Waals surface area contributed by atoms with Crippen LogP contribution in [0.15, 0.2) is 109 Å². The summed E-state index contributed by atoms with van der Waals surface area (Å²) in [5.74, 6) is 1.68. The molecule has 560 valence electrons. The molecular formula is C93H141O4PS3. The highest BCUT2D eigenvalue weighted by atomic mass is 32.1. The Morgan fingerprint density at radius 1 is 0.267 bits per heavy atom. The third kappa shape index (κ3) is 21.4. The lowest BCUT2D eigenvalue weighted by molar-refractivity contribution is -0.0533. The van der Waals surface area contributed by atoms with E-state index in [1.54, 1.807) is 0 Å². The fraction of sp³-hybridized carbons (Fsp3) is 0.613. The molecule has 0 bridgehead atoms. The molecule has 6 aromatic rings. The first-order valence-electron chi connectivity index (χ1n) is 39.5. The molecule has 6 aromatic carbocycles. The van der Waals surface area contributed by atoms with Crippen LogP contribution in [-0.2, 0) is 67.4 Å². The van der Waals surface area contributed by atoms with E-state index in [0.29, 0.717) is 36.5 Å². The Labute approximate surface area is 636 Å². The molecule has 0 aliphatic rings. The van der Waals surface area contributed by atoms with Crippen LogP contribution in [0.2, 0.25) is 0 Å². The third-order valence-corrected chi connectivity index (χ3v) is 25.9. The van der Waals surface area contributed by atoms with Gasteiger partial charge in [0.1, 0.15) is 16.8 Å². The quantitative estimate of drug-likeness (QED) is 0.0204. The minimum absolute atomic E-state index is 0.409. The maximum atomic E-state index is 20.5. The molecule has 3 atom stereocenters. The summed E-state index contributed by atoms with van der Waals surface area (Å²) in [6.07, 6.45) is 20.3. The van der Waals surface area contributed by atoms with Gasteiger partial charge in [-0.05, 0) is 197 Å². The Morgan fingerprint density at radius 2 is 0.446 bits per heavy atom. The second-order valence-corrected chi connectivity index (χ2v) is 38.3. The van der Waals surface area contributed by atoms with Crippen LogP contribution in [0, 0.1) is 41.5 Å². The summed E-state index contributed by atoms with van der Waals surface area (Å²) >= 11 is 15.8. The van der Waals surface area contributed by atoms with Crippen molar-refractivity contribution < 1.29 is 18.1 Å². The zero-order valence-electron chi connectivity index (χ0n) is 68.3. The van der Waals surface area contributed by atoms with Gasteiger partial charge in [-0.15, -0.1) is 0 Å². The molecule has 3 unspecified atom stereocenters.